The molecule has 1 fully saturated rings. The minimum absolute atomic E-state index is 0.135. The molecule has 0 aliphatic carbocycles. The van der Waals surface area contributed by atoms with E-state index in [1.54, 1.807) is 6.07 Å². The Labute approximate surface area is 121 Å². The van der Waals surface area contributed by atoms with Gasteiger partial charge in [-0.25, -0.2) is 4.79 Å². The number of ether oxygens (including phenoxy) is 2. The van der Waals surface area contributed by atoms with E-state index >= 15 is 0 Å². The zero-order chi connectivity index (χ0) is 14.8. The molecular formula is C15H16N2O4. The SMILES string of the molecule is COC(=O)C1CN(c2cc3ccccc3c(=O)[nH]2)CCO1. The van der Waals surface area contributed by atoms with Crippen LogP contribution < -0.4 is 10.5 Å². The number of hydrogen-bond donors (Lipinski definition) is 1. The lowest BCUT2D eigenvalue weighted by molar-refractivity contribution is -0.154. The van der Waals surface area contributed by atoms with Crippen molar-refractivity contribution in [3.05, 3.63) is 40.7 Å². The number of methoxy groups -OCH3 is 1. The highest BCUT2D eigenvalue weighted by Gasteiger charge is 2.28. The topological polar surface area (TPSA) is 71.6 Å². The number of aromatic nitrogens is 1. The van der Waals surface area contributed by atoms with Gasteiger partial charge in [0.1, 0.15) is 5.82 Å². The Hall–Kier alpha value is -2.34. The lowest BCUT2D eigenvalue weighted by Crippen LogP contribution is -2.47. The van der Waals surface area contributed by atoms with Crippen molar-refractivity contribution in [3.63, 3.8) is 0 Å². The summed E-state index contributed by atoms with van der Waals surface area (Å²) in [5.41, 5.74) is -0.135. The molecule has 1 aromatic heterocycles. The van der Waals surface area contributed by atoms with E-state index in [-0.39, 0.29) is 5.56 Å². The summed E-state index contributed by atoms with van der Waals surface area (Å²) in [6.07, 6.45) is -0.626. The Bertz CT molecular complexity index is 725. The predicted molar refractivity (Wildman–Crippen MR) is 78.5 cm³/mol. The summed E-state index contributed by atoms with van der Waals surface area (Å²) in [5, 5.41) is 1.52. The van der Waals surface area contributed by atoms with Gasteiger partial charge in [-0.3, -0.25) is 4.79 Å². The number of anilines is 1. The van der Waals surface area contributed by atoms with E-state index < -0.39 is 12.1 Å². The molecule has 1 aliphatic heterocycles. The van der Waals surface area contributed by atoms with Crippen LogP contribution in [0, 0.1) is 0 Å². The minimum atomic E-state index is -0.626. The number of pyridine rings is 1. The standard InChI is InChI=1S/C15H16N2O4/c1-20-15(19)12-9-17(6-7-21-12)13-8-10-4-2-3-5-11(10)14(18)16-13/h2-5,8,12H,6-7,9H2,1H3,(H,16,18). The molecule has 3 rings (SSSR count). The number of morpholine rings is 1. The maximum Gasteiger partial charge on any atom is 0.336 e. The first-order chi connectivity index (χ1) is 10.2. The van der Waals surface area contributed by atoms with Gasteiger partial charge in [-0.05, 0) is 17.5 Å². The molecule has 0 spiro atoms. The van der Waals surface area contributed by atoms with Crippen LogP contribution in [-0.2, 0) is 14.3 Å². The van der Waals surface area contributed by atoms with Crippen LogP contribution in [0.4, 0.5) is 5.82 Å². The first-order valence-electron chi connectivity index (χ1n) is 6.75. The molecule has 110 valence electrons. The summed E-state index contributed by atoms with van der Waals surface area (Å²) < 4.78 is 10.1. The number of aromatic amines is 1. The fraction of sp³-hybridized carbons (Fsp3) is 0.333. The van der Waals surface area contributed by atoms with E-state index in [1.165, 1.54) is 7.11 Å². The Kier molecular flexibility index (Phi) is 3.62. The summed E-state index contributed by atoms with van der Waals surface area (Å²) >= 11 is 0. The van der Waals surface area contributed by atoms with Crippen LogP contribution in [0.5, 0.6) is 0 Å². The van der Waals surface area contributed by atoms with Gasteiger partial charge < -0.3 is 19.4 Å². The molecule has 1 unspecified atom stereocenters. The van der Waals surface area contributed by atoms with E-state index in [1.807, 2.05) is 29.2 Å². The maximum atomic E-state index is 12.1. The molecule has 0 bridgehead atoms. The Balaban J connectivity index is 1.93. The molecule has 6 heteroatoms. The maximum absolute atomic E-state index is 12.1. The number of benzene rings is 1. The second-order valence-electron chi connectivity index (χ2n) is 4.90. The van der Waals surface area contributed by atoms with E-state index in [9.17, 15) is 9.59 Å². The van der Waals surface area contributed by atoms with Gasteiger partial charge in [0.15, 0.2) is 6.10 Å². The van der Waals surface area contributed by atoms with Crippen LogP contribution in [0.15, 0.2) is 35.1 Å². The van der Waals surface area contributed by atoms with Crippen molar-refractivity contribution in [2.75, 3.05) is 31.7 Å². The summed E-state index contributed by atoms with van der Waals surface area (Å²) in [4.78, 5) is 28.5. The molecule has 1 aliphatic rings. The van der Waals surface area contributed by atoms with Gasteiger partial charge in [-0.2, -0.15) is 0 Å². The number of carbonyl (C=O) groups is 1. The molecule has 1 atom stereocenters. The van der Waals surface area contributed by atoms with Crippen molar-refractivity contribution < 1.29 is 14.3 Å². The Morgan fingerprint density at radius 1 is 1.43 bits per heavy atom. The van der Waals surface area contributed by atoms with Crippen LogP contribution in [0.1, 0.15) is 0 Å². The third-order valence-corrected chi connectivity index (χ3v) is 3.61. The fourth-order valence-electron chi connectivity index (χ4n) is 2.51. The highest BCUT2D eigenvalue weighted by Crippen LogP contribution is 2.19. The largest absolute Gasteiger partial charge is 0.467 e. The molecule has 0 saturated carbocycles. The average Bonchev–Trinajstić information content (AvgIpc) is 2.54. The average molecular weight is 288 g/mol. The van der Waals surface area contributed by atoms with Crippen molar-refractivity contribution in [3.8, 4) is 0 Å². The lowest BCUT2D eigenvalue weighted by Gasteiger charge is -2.32. The number of hydrogen-bond acceptors (Lipinski definition) is 5. The van der Waals surface area contributed by atoms with Crippen LogP contribution in [-0.4, -0.2) is 43.9 Å². The number of nitrogens with zero attached hydrogens (tertiary/aromatic N) is 1. The molecule has 2 heterocycles. The van der Waals surface area contributed by atoms with E-state index in [2.05, 4.69) is 4.98 Å². The Morgan fingerprint density at radius 3 is 3.05 bits per heavy atom. The van der Waals surface area contributed by atoms with Gasteiger partial charge in [0.2, 0.25) is 0 Å². The van der Waals surface area contributed by atoms with Crippen LogP contribution in [0.2, 0.25) is 0 Å². The summed E-state index contributed by atoms with van der Waals surface area (Å²) in [6.45, 7) is 1.39. The zero-order valence-electron chi connectivity index (χ0n) is 11.7. The van der Waals surface area contributed by atoms with Gasteiger partial charge in [-0.15, -0.1) is 0 Å². The second-order valence-corrected chi connectivity index (χ2v) is 4.90. The fourth-order valence-corrected chi connectivity index (χ4v) is 2.51. The van der Waals surface area contributed by atoms with Gasteiger partial charge in [0, 0.05) is 11.9 Å². The smallest absolute Gasteiger partial charge is 0.336 e. The van der Waals surface area contributed by atoms with E-state index in [4.69, 9.17) is 9.47 Å². The number of rotatable bonds is 2. The number of nitrogens with one attached hydrogen (secondary N) is 1. The quantitative estimate of drug-likeness (QED) is 0.832. The van der Waals surface area contributed by atoms with Crippen molar-refractivity contribution in [2.45, 2.75) is 6.10 Å². The summed E-state index contributed by atoms with van der Waals surface area (Å²) in [6, 6.07) is 9.32. The number of esters is 1. The highest BCUT2D eigenvalue weighted by atomic mass is 16.6. The zero-order valence-corrected chi connectivity index (χ0v) is 11.7. The summed E-state index contributed by atoms with van der Waals surface area (Å²) in [7, 11) is 1.34. The molecule has 1 N–H and O–H groups in total. The van der Waals surface area contributed by atoms with Crippen molar-refractivity contribution in [2.24, 2.45) is 0 Å². The van der Waals surface area contributed by atoms with Crippen molar-refractivity contribution in [1.29, 1.82) is 0 Å². The Morgan fingerprint density at radius 2 is 2.24 bits per heavy atom. The number of fused-ring (bicyclic) bond motifs is 1. The second kappa shape index (κ2) is 5.57. The van der Waals surface area contributed by atoms with Crippen LogP contribution in [0.3, 0.4) is 0 Å². The van der Waals surface area contributed by atoms with Crippen molar-refractivity contribution >= 4 is 22.6 Å². The monoisotopic (exact) mass is 288 g/mol. The summed E-state index contributed by atoms with van der Waals surface area (Å²) in [5.74, 6) is 0.290. The molecule has 1 saturated heterocycles. The first kappa shape index (κ1) is 13.6. The van der Waals surface area contributed by atoms with Crippen LogP contribution in [0.25, 0.3) is 10.8 Å². The molecular weight excluding hydrogens is 272 g/mol. The normalized spacial score (nSPS) is 18.7. The third kappa shape index (κ3) is 2.62. The lowest BCUT2D eigenvalue weighted by atomic mass is 10.1. The number of H-pyrrole nitrogens is 1. The van der Waals surface area contributed by atoms with Crippen LogP contribution >= 0.6 is 0 Å². The van der Waals surface area contributed by atoms with E-state index in [0.29, 0.717) is 30.9 Å². The molecule has 21 heavy (non-hydrogen) atoms. The van der Waals surface area contributed by atoms with Gasteiger partial charge in [0.25, 0.3) is 5.56 Å². The molecule has 2 aromatic rings. The third-order valence-electron chi connectivity index (χ3n) is 3.61. The highest BCUT2D eigenvalue weighted by molar-refractivity contribution is 5.84. The molecule has 0 amide bonds. The number of carbonyl (C=O) groups excluding carboxylic acids is 1. The molecule has 0 radical (unpaired) electrons. The molecule has 1 aromatic carbocycles. The first-order valence-corrected chi connectivity index (χ1v) is 6.75. The van der Waals surface area contributed by atoms with E-state index in [0.717, 1.165) is 5.39 Å². The molecule has 6 nitrogen and oxygen atoms in total. The van der Waals surface area contributed by atoms with Gasteiger partial charge >= 0.3 is 5.97 Å². The van der Waals surface area contributed by atoms with Gasteiger partial charge in [0.05, 0.1) is 20.3 Å². The van der Waals surface area contributed by atoms with Gasteiger partial charge in [-0.1, -0.05) is 18.2 Å². The minimum Gasteiger partial charge on any atom is -0.467 e. The van der Waals surface area contributed by atoms with Crippen molar-refractivity contribution in [1.82, 2.24) is 4.98 Å². The predicted octanol–water partition coefficient (Wildman–Crippen LogP) is 0.906.